The van der Waals surface area contributed by atoms with Crippen LogP contribution in [0.3, 0.4) is 0 Å². The van der Waals surface area contributed by atoms with Crippen LogP contribution in [0.1, 0.15) is 82.4 Å². The Morgan fingerprint density at radius 3 is 2.16 bits per heavy atom. The molecule has 0 bridgehead atoms. The molecule has 0 radical (unpaired) electrons. The molecule has 1 aliphatic heterocycles. The van der Waals surface area contributed by atoms with Crippen molar-refractivity contribution in [2.75, 3.05) is 23.7 Å². The first-order chi connectivity index (χ1) is 20.9. The van der Waals surface area contributed by atoms with E-state index in [2.05, 4.69) is 36.7 Å². The quantitative estimate of drug-likeness (QED) is 0.102. The lowest BCUT2D eigenvalue weighted by Gasteiger charge is -2.27. The Balaban J connectivity index is 0.00000125. The molecule has 1 aliphatic rings. The molecule has 2 aromatic carbocycles. The highest BCUT2D eigenvalue weighted by molar-refractivity contribution is 6.12. The first kappa shape index (κ1) is 36.7. The van der Waals surface area contributed by atoms with E-state index in [4.69, 9.17) is 10.7 Å². The number of anilines is 2. The lowest BCUT2D eigenvalue weighted by atomic mass is 9.99. The summed E-state index contributed by atoms with van der Waals surface area (Å²) in [5.74, 6) is 0.420. The van der Waals surface area contributed by atoms with Crippen molar-refractivity contribution in [3.8, 4) is 0 Å². The zero-order valence-corrected chi connectivity index (χ0v) is 25.7. The SMILES string of the molecule is CCCCC.CCCCCNCCC1N=C(Nc2ccc(C(F)(F)F)cc2)c2ccc(C/C(=C\C=C/N)C(F)(F)F)cc2N1. The Hall–Kier alpha value is -3.47. The first-order valence-corrected chi connectivity index (χ1v) is 15.2. The molecule has 0 aromatic heterocycles. The molecular weight excluding hydrogens is 580 g/mol. The fraction of sp³-hybridized carbons (Fsp3) is 0.485. The molecule has 2 aromatic rings. The molecular formula is C33H45F6N5. The van der Waals surface area contributed by atoms with Crippen molar-refractivity contribution in [3.05, 3.63) is 83.1 Å². The minimum Gasteiger partial charge on any atom is -0.405 e. The average molecular weight is 626 g/mol. The van der Waals surface area contributed by atoms with E-state index in [1.165, 1.54) is 31.4 Å². The molecule has 0 amide bonds. The number of nitrogens with two attached hydrogens (primary N) is 1. The van der Waals surface area contributed by atoms with Gasteiger partial charge in [0.25, 0.3) is 0 Å². The Morgan fingerprint density at radius 2 is 1.59 bits per heavy atom. The van der Waals surface area contributed by atoms with Gasteiger partial charge in [-0.25, -0.2) is 4.99 Å². The van der Waals surface area contributed by atoms with Crippen molar-refractivity contribution < 1.29 is 26.3 Å². The molecule has 1 atom stereocenters. The third-order valence-corrected chi connectivity index (χ3v) is 6.85. The molecule has 5 nitrogen and oxygen atoms in total. The van der Waals surface area contributed by atoms with E-state index in [-0.39, 0.29) is 12.6 Å². The average Bonchev–Trinajstić information content (AvgIpc) is 2.97. The summed E-state index contributed by atoms with van der Waals surface area (Å²) in [6.45, 7) is 8.08. The van der Waals surface area contributed by atoms with E-state index in [9.17, 15) is 26.3 Å². The lowest BCUT2D eigenvalue weighted by Crippen LogP contribution is -2.32. The monoisotopic (exact) mass is 625 g/mol. The van der Waals surface area contributed by atoms with E-state index in [1.54, 1.807) is 18.2 Å². The molecule has 5 N–H and O–H groups in total. The highest BCUT2D eigenvalue weighted by Crippen LogP contribution is 2.33. The Labute approximate surface area is 257 Å². The highest BCUT2D eigenvalue weighted by Gasteiger charge is 2.33. The number of hydrogen-bond acceptors (Lipinski definition) is 5. The summed E-state index contributed by atoms with van der Waals surface area (Å²) in [7, 11) is 0. The Bertz CT molecular complexity index is 1210. The number of nitrogens with one attached hydrogen (secondary N) is 3. The number of halogens is 6. The topological polar surface area (TPSA) is 74.5 Å². The summed E-state index contributed by atoms with van der Waals surface area (Å²) in [5.41, 5.74) is 5.73. The van der Waals surface area contributed by atoms with Gasteiger partial charge in [-0.15, -0.1) is 0 Å². The second kappa shape index (κ2) is 18.4. The molecule has 3 rings (SSSR count). The standard InChI is InChI=1S/C28H33F6N5.C5H12/c1-2-3-4-15-36-16-13-25-38-24-18-19(17-21(6-5-14-35)28(32,33)34)7-12-23(24)26(39-25)37-22-10-8-20(9-11-22)27(29,30)31;1-3-5-4-2/h5-12,14,18,25,36,38H,2-4,13,15-17,35H2,1H3,(H,37,39);3-5H2,1-2H3/b14-5-,21-6+;. The summed E-state index contributed by atoms with van der Waals surface area (Å²) >= 11 is 0. The highest BCUT2D eigenvalue weighted by atomic mass is 19.4. The van der Waals surface area contributed by atoms with Gasteiger partial charge in [-0.05, 0) is 73.7 Å². The van der Waals surface area contributed by atoms with Crippen molar-refractivity contribution in [2.24, 2.45) is 10.7 Å². The number of unbranched alkanes of at least 4 members (excludes halogenated alkanes) is 4. The van der Waals surface area contributed by atoms with Crippen molar-refractivity contribution >= 4 is 17.2 Å². The number of hydrogen-bond donors (Lipinski definition) is 4. The van der Waals surface area contributed by atoms with Crippen LogP contribution in [-0.4, -0.2) is 31.3 Å². The number of alkyl halides is 6. The van der Waals surface area contributed by atoms with Gasteiger partial charge in [0, 0.05) is 35.4 Å². The molecule has 244 valence electrons. The van der Waals surface area contributed by atoms with Crippen LogP contribution in [0.5, 0.6) is 0 Å². The number of nitrogens with zero attached hydrogens (tertiary/aromatic N) is 1. The maximum atomic E-state index is 13.5. The largest absolute Gasteiger partial charge is 0.416 e. The van der Waals surface area contributed by atoms with Crippen LogP contribution in [0.4, 0.5) is 37.7 Å². The Kier molecular flexibility index (Phi) is 15.3. The van der Waals surface area contributed by atoms with Crippen molar-refractivity contribution in [1.82, 2.24) is 5.32 Å². The summed E-state index contributed by atoms with van der Waals surface area (Å²) in [6, 6.07) is 9.46. The van der Waals surface area contributed by atoms with Crippen LogP contribution < -0.4 is 21.7 Å². The number of amidine groups is 1. The Morgan fingerprint density at radius 1 is 0.909 bits per heavy atom. The van der Waals surface area contributed by atoms with E-state index in [0.717, 1.165) is 56.3 Å². The summed E-state index contributed by atoms with van der Waals surface area (Å²) < 4.78 is 79.5. The van der Waals surface area contributed by atoms with Gasteiger partial charge in [0.1, 0.15) is 12.0 Å². The fourth-order valence-electron chi connectivity index (χ4n) is 4.44. The molecule has 1 heterocycles. The minimum absolute atomic E-state index is 0.356. The number of rotatable bonds is 13. The van der Waals surface area contributed by atoms with Gasteiger partial charge in [-0.1, -0.05) is 65.0 Å². The summed E-state index contributed by atoms with van der Waals surface area (Å²) in [4.78, 5) is 4.71. The van der Waals surface area contributed by atoms with Crippen LogP contribution >= 0.6 is 0 Å². The summed E-state index contributed by atoms with van der Waals surface area (Å²) in [5, 5.41) is 9.74. The second-order valence-electron chi connectivity index (χ2n) is 10.6. The zero-order valence-electron chi connectivity index (χ0n) is 25.7. The van der Waals surface area contributed by atoms with E-state index in [0.29, 0.717) is 41.3 Å². The van der Waals surface area contributed by atoms with Crippen LogP contribution in [0.2, 0.25) is 0 Å². The molecule has 0 fully saturated rings. The normalized spacial score (nSPS) is 15.2. The number of fused-ring (bicyclic) bond motifs is 1. The third-order valence-electron chi connectivity index (χ3n) is 6.85. The van der Waals surface area contributed by atoms with Gasteiger partial charge in [0.15, 0.2) is 0 Å². The maximum Gasteiger partial charge on any atom is 0.416 e. The minimum atomic E-state index is -4.52. The van der Waals surface area contributed by atoms with Crippen LogP contribution in [0, 0.1) is 0 Å². The maximum absolute atomic E-state index is 13.5. The van der Waals surface area contributed by atoms with Gasteiger partial charge in [-0.2, -0.15) is 26.3 Å². The molecule has 0 aliphatic carbocycles. The van der Waals surface area contributed by atoms with Crippen LogP contribution in [-0.2, 0) is 12.6 Å². The lowest BCUT2D eigenvalue weighted by molar-refractivity contribution is -0.137. The second-order valence-corrected chi connectivity index (χ2v) is 10.6. The van der Waals surface area contributed by atoms with E-state index in [1.807, 2.05) is 0 Å². The molecule has 11 heteroatoms. The number of benzene rings is 2. The number of aliphatic imine (C=N–C) groups is 1. The van der Waals surface area contributed by atoms with Gasteiger partial charge in [0.2, 0.25) is 0 Å². The van der Waals surface area contributed by atoms with E-state index < -0.39 is 23.5 Å². The third kappa shape index (κ3) is 12.6. The van der Waals surface area contributed by atoms with Crippen molar-refractivity contribution in [2.45, 2.75) is 90.7 Å². The van der Waals surface area contributed by atoms with Gasteiger partial charge >= 0.3 is 12.4 Å². The zero-order chi connectivity index (χ0) is 32.6. The van der Waals surface area contributed by atoms with Gasteiger partial charge in [0.05, 0.1) is 5.56 Å². The molecule has 44 heavy (non-hydrogen) atoms. The fourth-order valence-corrected chi connectivity index (χ4v) is 4.44. The predicted molar refractivity (Wildman–Crippen MR) is 169 cm³/mol. The van der Waals surface area contributed by atoms with Crippen LogP contribution in [0.25, 0.3) is 0 Å². The summed E-state index contributed by atoms with van der Waals surface area (Å²) in [6.07, 6.45) is 1.37. The van der Waals surface area contributed by atoms with Crippen LogP contribution in [0.15, 0.2) is 71.4 Å². The van der Waals surface area contributed by atoms with Crippen molar-refractivity contribution in [3.63, 3.8) is 0 Å². The first-order valence-electron chi connectivity index (χ1n) is 15.2. The van der Waals surface area contributed by atoms with Crippen molar-refractivity contribution in [1.29, 1.82) is 0 Å². The smallest absolute Gasteiger partial charge is 0.405 e. The number of allylic oxidation sites excluding steroid dienone is 3. The predicted octanol–water partition coefficient (Wildman–Crippen LogP) is 9.19. The molecule has 1 unspecified atom stereocenters. The van der Waals surface area contributed by atoms with E-state index >= 15 is 0 Å². The van der Waals surface area contributed by atoms with Gasteiger partial charge < -0.3 is 21.7 Å². The molecule has 0 saturated heterocycles. The molecule has 0 saturated carbocycles. The molecule has 0 spiro atoms. The van der Waals surface area contributed by atoms with Gasteiger partial charge in [-0.3, -0.25) is 0 Å².